The van der Waals surface area contributed by atoms with Gasteiger partial charge >= 0.3 is 0 Å². The predicted octanol–water partition coefficient (Wildman–Crippen LogP) is 3.74. The van der Waals surface area contributed by atoms with Gasteiger partial charge < -0.3 is 4.74 Å². The highest BCUT2D eigenvalue weighted by Crippen LogP contribution is 2.23. The summed E-state index contributed by atoms with van der Waals surface area (Å²) in [5.41, 5.74) is 2.58. The average molecular weight is 255 g/mol. The SMILES string of the molecule is CC(=O)c1cncc(-c2ccc(OC(C)C)cc2)c1. The van der Waals surface area contributed by atoms with Gasteiger partial charge in [-0.15, -0.1) is 0 Å². The Hall–Kier alpha value is -2.16. The van der Waals surface area contributed by atoms with Gasteiger partial charge in [-0.3, -0.25) is 9.78 Å². The number of hydrogen-bond acceptors (Lipinski definition) is 3. The van der Waals surface area contributed by atoms with Crippen LogP contribution in [-0.2, 0) is 0 Å². The van der Waals surface area contributed by atoms with Crippen molar-refractivity contribution in [3.8, 4) is 16.9 Å². The first-order valence-electron chi connectivity index (χ1n) is 6.29. The second-order valence-corrected chi connectivity index (χ2v) is 4.71. The van der Waals surface area contributed by atoms with Crippen molar-refractivity contribution in [3.05, 3.63) is 48.3 Å². The lowest BCUT2D eigenvalue weighted by atomic mass is 10.0. The molecule has 98 valence electrons. The first-order valence-corrected chi connectivity index (χ1v) is 6.29. The number of carbonyl (C=O) groups is 1. The molecular weight excluding hydrogens is 238 g/mol. The molecule has 1 heterocycles. The van der Waals surface area contributed by atoms with Gasteiger partial charge in [0.15, 0.2) is 5.78 Å². The standard InChI is InChI=1S/C16H17NO2/c1-11(2)19-16-6-4-13(5-7-16)15-8-14(12(3)18)9-17-10-15/h4-11H,1-3H3. The van der Waals surface area contributed by atoms with Crippen molar-refractivity contribution in [2.75, 3.05) is 0 Å². The highest BCUT2D eigenvalue weighted by atomic mass is 16.5. The van der Waals surface area contributed by atoms with Gasteiger partial charge in [0.05, 0.1) is 6.10 Å². The number of hydrogen-bond donors (Lipinski definition) is 0. The van der Waals surface area contributed by atoms with Gasteiger partial charge in [-0.05, 0) is 44.5 Å². The second-order valence-electron chi connectivity index (χ2n) is 4.71. The van der Waals surface area contributed by atoms with Crippen LogP contribution in [0.25, 0.3) is 11.1 Å². The van der Waals surface area contributed by atoms with Crippen LogP contribution in [0.1, 0.15) is 31.1 Å². The van der Waals surface area contributed by atoms with E-state index in [1.54, 1.807) is 19.3 Å². The number of nitrogens with zero attached hydrogens (tertiary/aromatic N) is 1. The summed E-state index contributed by atoms with van der Waals surface area (Å²) < 4.78 is 5.60. The van der Waals surface area contributed by atoms with Crippen molar-refractivity contribution in [1.29, 1.82) is 0 Å². The zero-order valence-corrected chi connectivity index (χ0v) is 11.4. The van der Waals surface area contributed by atoms with Crippen LogP contribution in [0.4, 0.5) is 0 Å². The monoisotopic (exact) mass is 255 g/mol. The maximum Gasteiger partial charge on any atom is 0.161 e. The van der Waals surface area contributed by atoms with Crippen molar-refractivity contribution >= 4 is 5.78 Å². The third kappa shape index (κ3) is 3.41. The lowest BCUT2D eigenvalue weighted by Gasteiger charge is -2.10. The Bertz CT molecular complexity index is 574. The Kier molecular flexibility index (Phi) is 3.95. The number of rotatable bonds is 4. The summed E-state index contributed by atoms with van der Waals surface area (Å²) in [6, 6.07) is 9.65. The highest BCUT2D eigenvalue weighted by Gasteiger charge is 2.04. The Morgan fingerprint density at radius 1 is 1.11 bits per heavy atom. The molecule has 0 saturated carbocycles. The zero-order valence-electron chi connectivity index (χ0n) is 11.4. The number of ketones is 1. The molecule has 19 heavy (non-hydrogen) atoms. The molecule has 0 radical (unpaired) electrons. The van der Waals surface area contributed by atoms with Crippen LogP contribution in [0.15, 0.2) is 42.7 Å². The molecule has 0 spiro atoms. The number of aromatic nitrogens is 1. The Labute approximate surface area is 113 Å². The molecule has 0 amide bonds. The quantitative estimate of drug-likeness (QED) is 0.781. The maximum absolute atomic E-state index is 11.3. The molecule has 1 aromatic carbocycles. The van der Waals surface area contributed by atoms with E-state index in [0.29, 0.717) is 5.56 Å². The fourth-order valence-corrected chi connectivity index (χ4v) is 1.79. The fraction of sp³-hybridized carbons (Fsp3) is 0.250. The van der Waals surface area contributed by atoms with Crippen LogP contribution < -0.4 is 4.74 Å². The number of Topliss-reactive ketones (excluding diaryl/α,β-unsaturated/α-hetero) is 1. The van der Waals surface area contributed by atoms with Gasteiger partial charge in [0.2, 0.25) is 0 Å². The first kappa shape index (κ1) is 13.3. The first-order chi connectivity index (χ1) is 9.06. The topological polar surface area (TPSA) is 39.2 Å². The van der Waals surface area contributed by atoms with Crippen LogP contribution in [0, 0.1) is 0 Å². The average Bonchev–Trinajstić information content (AvgIpc) is 2.39. The Morgan fingerprint density at radius 3 is 2.37 bits per heavy atom. The molecule has 1 aromatic heterocycles. The molecule has 3 heteroatoms. The van der Waals surface area contributed by atoms with E-state index < -0.39 is 0 Å². The Balaban J connectivity index is 2.27. The summed E-state index contributed by atoms with van der Waals surface area (Å²) in [4.78, 5) is 15.4. The molecule has 0 N–H and O–H groups in total. The van der Waals surface area contributed by atoms with Gasteiger partial charge in [0.25, 0.3) is 0 Å². The van der Waals surface area contributed by atoms with E-state index in [0.717, 1.165) is 16.9 Å². The highest BCUT2D eigenvalue weighted by molar-refractivity contribution is 5.94. The van der Waals surface area contributed by atoms with Crippen molar-refractivity contribution in [2.45, 2.75) is 26.9 Å². The summed E-state index contributed by atoms with van der Waals surface area (Å²) in [5.74, 6) is 0.864. The minimum atomic E-state index is 0.0223. The molecular formula is C16H17NO2. The minimum Gasteiger partial charge on any atom is -0.491 e. The molecule has 0 atom stereocenters. The van der Waals surface area contributed by atoms with Gasteiger partial charge in [-0.1, -0.05) is 12.1 Å². The Morgan fingerprint density at radius 2 is 1.79 bits per heavy atom. The summed E-state index contributed by atoms with van der Waals surface area (Å²) >= 11 is 0. The molecule has 0 fully saturated rings. The summed E-state index contributed by atoms with van der Waals surface area (Å²) in [6.07, 6.45) is 3.50. The predicted molar refractivity (Wildman–Crippen MR) is 75.4 cm³/mol. The van der Waals surface area contributed by atoms with Crippen LogP contribution in [0.5, 0.6) is 5.75 Å². The van der Waals surface area contributed by atoms with Crippen molar-refractivity contribution in [2.24, 2.45) is 0 Å². The van der Waals surface area contributed by atoms with Crippen LogP contribution in [0.2, 0.25) is 0 Å². The lowest BCUT2D eigenvalue weighted by molar-refractivity contribution is 0.101. The van der Waals surface area contributed by atoms with Gasteiger partial charge in [0, 0.05) is 23.5 Å². The van der Waals surface area contributed by atoms with Crippen molar-refractivity contribution in [3.63, 3.8) is 0 Å². The normalized spacial score (nSPS) is 10.5. The summed E-state index contributed by atoms with van der Waals surface area (Å²) in [5, 5.41) is 0. The molecule has 0 aliphatic heterocycles. The zero-order chi connectivity index (χ0) is 13.8. The van der Waals surface area contributed by atoms with E-state index in [1.165, 1.54) is 0 Å². The van der Waals surface area contributed by atoms with E-state index in [9.17, 15) is 4.79 Å². The number of benzene rings is 1. The van der Waals surface area contributed by atoms with Crippen molar-refractivity contribution < 1.29 is 9.53 Å². The second kappa shape index (κ2) is 5.65. The number of ether oxygens (including phenoxy) is 1. The van der Waals surface area contributed by atoms with Crippen LogP contribution in [0.3, 0.4) is 0 Å². The van der Waals surface area contributed by atoms with E-state index in [1.807, 2.05) is 44.2 Å². The molecule has 0 aliphatic carbocycles. The largest absolute Gasteiger partial charge is 0.491 e. The molecule has 0 bridgehead atoms. The third-order valence-corrected chi connectivity index (χ3v) is 2.70. The van der Waals surface area contributed by atoms with Crippen LogP contribution >= 0.6 is 0 Å². The summed E-state index contributed by atoms with van der Waals surface area (Å²) in [7, 11) is 0. The van der Waals surface area contributed by atoms with E-state index in [2.05, 4.69) is 4.98 Å². The molecule has 0 saturated heterocycles. The lowest BCUT2D eigenvalue weighted by Crippen LogP contribution is -2.05. The van der Waals surface area contributed by atoms with Gasteiger partial charge in [0.1, 0.15) is 5.75 Å². The molecule has 0 aliphatic rings. The fourth-order valence-electron chi connectivity index (χ4n) is 1.79. The molecule has 2 aromatic rings. The number of carbonyl (C=O) groups excluding carboxylic acids is 1. The maximum atomic E-state index is 11.3. The molecule has 2 rings (SSSR count). The smallest absolute Gasteiger partial charge is 0.161 e. The van der Waals surface area contributed by atoms with Gasteiger partial charge in [-0.25, -0.2) is 0 Å². The van der Waals surface area contributed by atoms with Gasteiger partial charge in [-0.2, -0.15) is 0 Å². The molecule has 0 unspecified atom stereocenters. The molecule has 3 nitrogen and oxygen atoms in total. The van der Waals surface area contributed by atoms with E-state index >= 15 is 0 Å². The minimum absolute atomic E-state index is 0.0223. The third-order valence-electron chi connectivity index (χ3n) is 2.70. The van der Waals surface area contributed by atoms with E-state index in [4.69, 9.17) is 4.74 Å². The van der Waals surface area contributed by atoms with E-state index in [-0.39, 0.29) is 11.9 Å². The van der Waals surface area contributed by atoms with Crippen LogP contribution in [-0.4, -0.2) is 16.9 Å². The number of pyridine rings is 1. The van der Waals surface area contributed by atoms with Crippen molar-refractivity contribution in [1.82, 2.24) is 4.98 Å². The summed E-state index contributed by atoms with van der Waals surface area (Å²) in [6.45, 7) is 5.53.